The van der Waals surface area contributed by atoms with Gasteiger partial charge < -0.3 is 4.74 Å². The predicted octanol–water partition coefficient (Wildman–Crippen LogP) is 1.52. The summed E-state index contributed by atoms with van der Waals surface area (Å²) in [7, 11) is -3.60. The summed E-state index contributed by atoms with van der Waals surface area (Å²) in [6.07, 6.45) is 1.54. The molecule has 0 radical (unpaired) electrons. The molecule has 0 aliphatic carbocycles. The summed E-state index contributed by atoms with van der Waals surface area (Å²) >= 11 is 0. The molecule has 1 aromatic rings. The Morgan fingerprint density at radius 3 is 2.75 bits per heavy atom. The molecule has 1 aliphatic rings. The third-order valence-electron chi connectivity index (χ3n) is 3.07. The molecule has 106 valence electrons. The molecule has 20 heavy (non-hydrogen) atoms. The minimum absolute atomic E-state index is 0.119. The van der Waals surface area contributed by atoms with Gasteiger partial charge in [-0.05, 0) is 18.6 Å². The van der Waals surface area contributed by atoms with Gasteiger partial charge >= 0.3 is 0 Å². The van der Waals surface area contributed by atoms with Gasteiger partial charge in [0, 0.05) is 12.0 Å². The Labute approximate surface area is 119 Å². The molecule has 0 aromatic heterocycles. The van der Waals surface area contributed by atoms with Crippen LogP contribution in [0.25, 0.3) is 6.08 Å². The number of hydrogen-bond donors (Lipinski definition) is 0. The maximum atomic E-state index is 12.2. The lowest BCUT2D eigenvalue weighted by Crippen LogP contribution is -2.47. The Bertz CT molecular complexity index is 629. The van der Waals surface area contributed by atoms with Gasteiger partial charge in [0.05, 0.1) is 19.3 Å². The summed E-state index contributed by atoms with van der Waals surface area (Å²) in [6.45, 7) is 2.61. The van der Waals surface area contributed by atoms with Crippen molar-refractivity contribution in [2.75, 3.05) is 19.8 Å². The van der Waals surface area contributed by atoms with Crippen molar-refractivity contribution in [3.63, 3.8) is 0 Å². The quantitative estimate of drug-likeness (QED) is 0.847. The van der Waals surface area contributed by atoms with E-state index in [0.717, 1.165) is 16.5 Å². The van der Waals surface area contributed by atoms with Crippen LogP contribution in [0.15, 0.2) is 29.7 Å². The van der Waals surface area contributed by atoms with Gasteiger partial charge in [-0.25, -0.2) is 8.42 Å². The molecule has 1 fully saturated rings. The first-order valence-corrected chi connectivity index (χ1v) is 7.77. The average Bonchev–Trinajstić information content (AvgIpc) is 2.46. The van der Waals surface area contributed by atoms with Gasteiger partial charge in [-0.2, -0.15) is 9.57 Å². The number of benzene rings is 1. The number of aryl methyl sites for hydroxylation is 1. The van der Waals surface area contributed by atoms with E-state index < -0.39 is 16.1 Å². The van der Waals surface area contributed by atoms with E-state index in [0.29, 0.717) is 6.61 Å². The Hall–Kier alpha value is -1.68. The molecule has 1 heterocycles. The second-order valence-corrected chi connectivity index (χ2v) is 6.36. The second kappa shape index (κ2) is 6.18. The zero-order valence-corrected chi connectivity index (χ0v) is 12.0. The van der Waals surface area contributed by atoms with E-state index in [1.54, 1.807) is 6.08 Å². The molecule has 1 atom stereocenters. The van der Waals surface area contributed by atoms with Crippen LogP contribution in [0.3, 0.4) is 0 Å². The number of hydrogen-bond acceptors (Lipinski definition) is 4. The minimum atomic E-state index is -3.60. The standard InChI is InChI=1S/C14H16N2O3S/c1-12-2-4-13(5-3-12)6-9-20(17,18)16-7-8-19-11-14(16)10-15/h2-6,9,14H,7-8,11H2,1H3/b9-6+/t14-/m1/s1. The summed E-state index contributed by atoms with van der Waals surface area (Å²) in [5.41, 5.74) is 1.92. The Balaban J connectivity index is 2.18. The molecule has 0 amide bonds. The van der Waals surface area contributed by atoms with Gasteiger partial charge in [0.1, 0.15) is 6.04 Å². The molecule has 0 N–H and O–H groups in total. The first-order chi connectivity index (χ1) is 9.53. The average molecular weight is 292 g/mol. The van der Waals surface area contributed by atoms with Gasteiger partial charge in [0.2, 0.25) is 10.0 Å². The van der Waals surface area contributed by atoms with Crippen LogP contribution in [0.5, 0.6) is 0 Å². The third kappa shape index (κ3) is 3.45. The Kier molecular flexibility index (Phi) is 4.55. The van der Waals surface area contributed by atoms with Crippen molar-refractivity contribution >= 4 is 16.1 Å². The number of sulfonamides is 1. The highest BCUT2D eigenvalue weighted by Gasteiger charge is 2.31. The van der Waals surface area contributed by atoms with Crippen LogP contribution < -0.4 is 0 Å². The SMILES string of the molecule is Cc1ccc(/C=C/S(=O)(=O)N2CCOC[C@H]2C#N)cc1. The van der Waals surface area contributed by atoms with E-state index >= 15 is 0 Å². The van der Waals surface area contributed by atoms with Gasteiger partial charge in [0.25, 0.3) is 0 Å². The summed E-state index contributed by atoms with van der Waals surface area (Å²) < 4.78 is 30.8. The van der Waals surface area contributed by atoms with Crippen LogP contribution in [0, 0.1) is 18.3 Å². The smallest absolute Gasteiger partial charge is 0.237 e. The van der Waals surface area contributed by atoms with E-state index in [2.05, 4.69) is 0 Å². The molecule has 2 rings (SSSR count). The van der Waals surface area contributed by atoms with Crippen molar-refractivity contribution in [3.8, 4) is 6.07 Å². The fourth-order valence-electron chi connectivity index (χ4n) is 1.91. The lowest BCUT2D eigenvalue weighted by atomic mass is 10.2. The van der Waals surface area contributed by atoms with Crippen LogP contribution in [0.1, 0.15) is 11.1 Å². The number of rotatable bonds is 3. The molecule has 0 saturated carbocycles. The van der Waals surface area contributed by atoms with Gasteiger partial charge in [-0.15, -0.1) is 0 Å². The number of morpholine rings is 1. The van der Waals surface area contributed by atoms with Gasteiger partial charge in [0.15, 0.2) is 0 Å². The van der Waals surface area contributed by atoms with Gasteiger partial charge in [-0.3, -0.25) is 0 Å². The first-order valence-electron chi connectivity index (χ1n) is 6.27. The lowest BCUT2D eigenvalue weighted by Gasteiger charge is -2.29. The highest BCUT2D eigenvalue weighted by Crippen LogP contribution is 2.15. The highest BCUT2D eigenvalue weighted by molar-refractivity contribution is 7.92. The zero-order valence-electron chi connectivity index (χ0n) is 11.2. The van der Waals surface area contributed by atoms with Gasteiger partial charge in [-0.1, -0.05) is 29.8 Å². The van der Waals surface area contributed by atoms with Crippen molar-refractivity contribution in [2.45, 2.75) is 13.0 Å². The molecule has 1 aromatic carbocycles. The summed E-state index contributed by atoms with van der Waals surface area (Å²) in [4.78, 5) is 0. The molecule has 1 saturated heterocycles. The van der Waals surface area contributed by atoms with Crippen molar-refractivity contribution in [3.05, 3.63) is 40.8 Å². The van der Waals surface area contributed by atoms with E-state index in [9.17, 15) is 8.42 Å². The number of nitrogens with zero attached hydrogens (tertiary/aromatic N) is 2. The maximum Gasteiger partial charge on any atom is 0.237 e. The van der Waals surface area contributed by atoms with Crippen LogP contribution in [-0.2, 0) is 14.8 Å². The largest absolute Gasteiger partial charge is 0.377 e. The lowest BCUT2D eigenvalue weighted by molar-refractivity contribution is 0.0517. The molecular formula is C14H16N2O3S. The normalized spacial score (nSPS) is 20.9. The maximum absolute atomic E-state index is 12.2. The minimum Gasteiger partial charge on any atom is -0.377 e. The molecular weight excluding hydrogens is 276 g/mol. The van der Waals surface area contributed by atoms with Crippen molar-refractivity contribution in [2.24, 2.45) is 0 Å². The van der Waals surface area contributed by atoms with E-state index in [1.165, 1.54) is 4.31 Å². The monoisotopic (exact) mass is 292 g/mol. The molecule has 5 nitrogen and oxygen atoms in total. The van der Waals surface area contributed by atoms with E-state index in [4.69, 9.17) is 10.00 Å². The number of nitriles is 1. The molecule has 1 aliphatic heterocycles. The fraction of sp³-hybridized carbons (Fsp3) is 0.357. The molecule has 0 bridgehead atoms. The summed E-state index contributed by atoms with van der Waals surface area (Å²) in [5.74, 6) is 0. The van der Waals surface area contributed by atoms with E-state index in [-0.39, 0.29) is 13.2 Å². The summed E-state index contributed by atoms with van der Waals surface area (Å²) in [6, 6.07) is 8.73. The van der Waals surface area contributed by atoms with Crippen LogP contribution in [0.4, 0.5) is 0 Å². The predicted molar refractivity (Wildman–Crippen MR) is 76.1 cm³/mol. The molecule has 6 heteroatoms. The van der Waals surface area contributed by atoms with Crippen molar-refractivity contribution < 1.29 is 13.2 Å². The summed E-state index contributed by atoms with van der Waals surface area (Å²) in [5, 5.41) is 10.1. The number of ether oxygens (including phenoxy) is 1. The zero-order chi connectivity index (χ0) is 14.6. The molecule has 0 unspecified atom stereocenters. The highest BCUT2D eigenvalue weighted by atomic mass is 32.2. The topological polar surface area (TPSA) is 70.4 Å². The fourth-order valence-corrected chi connectivity index (χ4v) is 3.19. The first kappa shape index (κ1) is 14.7. The van der Waals surface area contributed by atoms with Crippen LogP contribution in [-0.4, -0.2) is 38.5 Å². The van der Waals surface area contributed by atoms with Crippen LogP contribution >= 0.6 is 0 Å². The molecule has 0 spiro atoms. The third-order valence-corrected chi connectivity index (χ3v) is 4.64. The van der Waals surface area contributed by atoms with E-state index in [1.807, 2.05) is 37.3 Å². The second-order valence-electron chi connectivity index (χ2n) is 4.59. The van der Waals surface area contributed by atoms with Crippen molar-refractivity contribution in [1.82, 2.24) is 4.31 Å². The Morgan fingerprint density at radius 2 is 2.10 bits per heavy atom. The van der Waals surface area contributed by atoms with Crippen LogP contribution in [0.2, 0.25) is 0 Å². The van der Waals surface area contributed by atoms with Crippen molar-refractivity contribution in [1.29, 1.82) is 5.26 Å². The Morgan fingerprint density at radius 1 is 1.40 bits per heavy atom.